The Morgan fingerprint density at radius 2 is 1.96 bits per heavy atom. The van der Waals surface area contributed by atoms with Gasteiger partial charge in [-0.3, -0.25) is 0 Å². The quantitative estimate of drug-likeness (QED) is 0.561. The molecule has 0 aliphatic heterocycles. The van der Waals surface area contributed by atoms with Crippen molar-refractivity contribution in [1.82, 2.24) is 0 Å². The number of fused-ring (bicyclic) bond motifs is 5. The van der Waals surface area contributed by atoms with E-state index in [1.54, 1.807) is 12.5 Å². The Labute approximate surface area is 172 Å². The number of rotatable bonds is 5. The second-order valence-corrected chi connectivity index (χ2v) is 11.5. The van der Waals surface area contributed by atoms with E-state index >= 15 is 0 Å². The lowest BCUT2D eigenvalue weighted by Gasteiger charge is -2.58. The highest BCUT2D eigenvalue weighted by Crippen LogP contribution is 2.67. The van der Waals surface area contributed by atoms with Crippen molar-refractivity contribution in [2.24, 2.45) is 40.4 Å². The molecule has 0 saturated heterocycles. The van der Waals surface area contributed by atoms with Gasteiger partial charge in [-0.2, -0.15) is 0 Å². The van der Waals surface area contributed by atoms with E-state index in [1.807, 2.05) is 0 Å². The fraction of sp³-hybridized carbons (Fsp3) is 0.885. The van der Waals surface area contributed by atoms with Crippen LogP contribution < -0.4 is 0 Å². The number of allylic oxidation sites excluding steroid dienone is 1. The molecule has 28 heavy (non-hydrogen) atoms. The molecule has 0 aromatic rings. The van der Waals surface area contributed by atoms with E-state index in [4.69, 9.17) is 0 Å². The van der Waals surface area contributed by atoms with Crippen molar-refractivity contribution in [2.45, 2.75) is 104 Å². The summed E-state index contributed by atoms with van der Waals surface area (Å²) in [5.74, 6) is 4.52. The third-order valence-corrected chi connectivity index (χ3v) is 10.0. The van der Waals surface area contributed by atoms with Crippen LogP contribution in [0.3, 0.4) is 0 Å². The molecule has 0 aromatic heterocycles. The van der Waals surface area contributed by atoms with Crippen LogP contribution in [-0.4, -0.2) is 17.0 Å². The van der Waals surface area contributed by atoms with Crippen LogP contribution in [0, 0.1) is 40.4 Å². The summed E-state index contributed by atoms with van der Waals surface area (Å²) >= 11 is 0. The molecule has 3 saturated carbocycles. The maximum Gasteiger partial charge on any atom is 0.129 e. The maximum atomic E-state index is 11.3. The Morgan fingerprint density at radius 3 is 2.71 bits per heavy atom. The van der Waals surface area contributed by atoms with Gasteiger partial charge in [-0.25, -0.2) is 0 Å². The largest absolute Gasteiger partial charge is 0.393 e. The Bertz CT molecular complexity index is 636. The monoisotopic (exact) mass is 386 g/mol. The van der Waals surface area contributed by atoms with Gasteiger partial charge in [0.05, 0.1) is 6.10 Å². The highest BCUT2D eigenvalue weighted by atomic mass is 16.3. The van der Waals surface area contributed by atoms with E-state index in [0.717, 1.165) is 55.3 Å². The van der Waals surface area contributed by atoms with Crippen LogP contribution in [0.5, 0.6) is 0 Å². The van der Waals surface area contributed by atoms with E-state index in [2.05, 4.69) is 26.8 Å². The van der Waals surface area contributed by atoms with E-state index < -0.39 is 0 Å². The second-order valence-electron chi connectivity index (χ2n) is 11.5. The summed E-state index contributed by atoms with van der Waals surface area (Å²) in [5.41, 5.74) is 2.45. The lowest BCUT2D eigenvalue weighted by atomic mass is 9.47. The van der Waals surface area contributed by atoms with Crippen molar-refractivity contribution in [3.05, 3.63) is 11.6 Å². The third-order valence-electron chi connectivity index (χ3n) is 10.0. The van der Waals surface area contributed by atoms with Crippen LogP contribution in [0.2, 0.25) is 0 Å². The van der Waals surface area contributed by atoms with Gasteiger partial charge in [-0.15, -0.1) is 0 Å². The molecule has 0 amide bonds. The number of aliphatic hydroxyl groups is 1. The lowest BCUT2D eigenvalue weighted by molar-refractivity contribution is -0.117. The summed E-state index contributed by atoms with van der Waals surface area (Å²) in [5, 5.41) is 10.2. The van der Waals surface area contributed by atoms with E-state index in [9.17, 15) is 9.90 Å². The molecule has 158 valence electrons. The van der Waals surface area contributed by atoms with E-state index in [0.29, 0.717) is 16.6 Å². The molecule has 8 atom stereocenters. The van der Waals surface area contributed by atoms with Crippen molar-refractivity contribution < 1.29 is 9.90 Å². The van der Waals surface area contributed by atoms with Gasteiger partial charge in [0, 0.05) is 6.42 Å². The number of aliphatic hydroxyl groups excluding tert-OH is 1. The van der Waals surface area contributed by atoms with Gasteiger partial charge < -0.3 is 9.90 Å². The Hall–Kier alpha value is -0.630. The van der Waals surface area contributed by atoms with Gasteiger partial charge >= 0.3 is 0 Å². The maximum absolute atomic E-state index is 11.3. The first kappa shape index (κ1) is 20.6. The Morgan fingerprint density at radius 1 is 1.18 bits per heavy atom. The topological polar surface area (TPSA) is 37.3 Å². The molecule has 0 aromatic carbocycles. The Kier molecular flexibility index (Phi) is 5.57. The minimum Gasteiger partial charge on any atom is -0.393 e. The molecular formula is C26H42O2. The van der Waals surface area contributed by atoms with Gasteiger partial charge in [0.25, 0.3) is 0 Å². The smallest absolute Gasteiger partial charge is 0.129 e. The molecule has 3 fully saturated rings. The molecule has 1 unspecified atom stereocenters. The van der Waals surface area contributed by atoms with Gasteiger partial charge in [0.15, 0.2) is 0 Å². The highest BCUT2D eigenvalue weighted by molar-refractivity contribution is 5.75. The summed E-state index contributed by atoms with van der Waals surface area (Å²) in [4.78, 5) is 11.3. The van der Waals surface area contributed by atoms with Crippen molar-refractivity contribution >= 4 is 5.78 Å². The molecule has 2 nitrogen and oxygen atoms in total. The number of hydrogen-bond acceptors (Lipinski definition) is 2. The summed E-state index contributed by atoms with van der Waals surface area (Å²) < 4.78 is 0. The van der Waals surface area contributed by atoms with Crippen molar-refractivity contribution in [3.63, 3.8) is 0 Å². The minimum atomic E-state index is -0.101. The van der Waals surface area contributed by atoms with Gasteiger partial charge in [0.1, 0.15) is 5.78 Å². The molecule has 0 bridgehead atoms. The number of carbonyl (C=O) groups is 1. The van der Waals surface area contributed by atoms with Crippen molar-refractivity contribution in [3.8, 4) is 0 Å². The molecule has 0 radical (unpaired) electrons. The molecule has 1 N–H and O–H groups in total. The normalized spacial score (nSPS) is 46.2. The lowest BCUT2D eigenvalue weighted by Crippen LogP contribution is -2.50. The molecule has 4 rings (SSSR count). The Balaban J connectivity index is 1.50. The van der Waals surface area contributed by atoms with Gasteiger partial charge in [-0.1, -0.05) is 38.8 Å². The highest BCUT2D eigenvalue weighted by Gasteiger charge is 2.59. The first-order valence-corrected chi connectivity index (χ1v) is 12.1. The molecule has 4 aliphatic rings. The average Bonchev–Trinajstić information content (AvgIpc) is 2.99. The molecule has 4 aliphatic carbocycles. The zero-order valence-electron chi connectivity index (χ0n) is 18.7. The van der Waals surface area contributed by atoms with Crippen LogP contribution in [-0.2, 0) is 4.79 Å². The molecule has 2 heteroatoms. The average molecular weight is 387 g/mol. The standard InChI is InChI=1S/C26H42O2/c1-17(6-5-7-18(2)27)22-10-11-23-21-9-8-19-16-20(28)12-14-25(19,3)24(21)13-15-26(22,23)4/h8,17,20-24,28H,5-7,9-16H2,1-4H3/t17-,20?,21+,22-,23+,24+,25+,26-/m1/s1. The van der Waals surface area contributed by atoms with E-state index in [1.165, 1.54) is 44.9 Å². The predicted molar refractivity (Wildman–Crippen MR) is 115 cm³/mol. The number of carbonyl (C=O) groups excluding carboxylic acids is 1. The van der Waals surface area contributed by atoms with Crippen molar-refractivity contribution in [2.75, 3.05) is 0 Å². The molecular weight excluding hydrogens is 344 g/mol. The predicted octanol–water partition coefficient (Wildman–Crippen LogP) is 6.32. The third kappa shape index (κ3) is 3.32. The fourth-order valence-electron chi connectivity index (χ4n) is 8.49. The number of Topliss-reactive ketones (excluding diaryl/α,β-unsaturated/α-hetero) is 1. The van der Waals surface area contributed by atoms with Gasteiger partial charge in [-0.05, 0) is 105 Å². The zero-order valence-corrected chi connectivity index (χ0v) is 18.7. The van der Waals surface area contributed by atoms with Gasteiger partial charge in [0.2, 0.25) is 0 Å². The first-order chi connectivity index (χ1) is 13.3. The van der Waals surface area contributed by atoms with E-state index in [-0.39, 0.29) is 6.10 Å². The number of ketones is 1. The molecule has 0 spiro atoms. The zero-order chi connectivity index (χ0) is 20.1. The summed E-state index contributed by atoms with van der Waals surface area (Å²) in [7, 11) is 0. The summed E-state index contributed by atoms with van der Waals surface area (Å²) in [6.07, 6.45) is 15.5. The van der Waals surface area contributed by atoms with Crippen LogP contribution in [0.1, 0.15) is 98.3 Å². The van der Waals surface area contributed by atoms with Crippen LogP contribution in [0.15, 0.2) is 11.6 Å². The summed E-state index contributed by atoms with van der Waals surface area (Å²) in [6.45, 7) is 9.35. The first-order valence-electron chi connectivity index (χ1n) is 12.1. The fourth-order valence-corrected chi connectivity index (χ4v) is 8.49. The second kappa shape index (κ2) is 7.56. The number of hydrogen-bond donors (Lipinski definition) is 1. The van der Waals surface area contributed by atoms with Crippen LogP contribution in [0.4, 0.5) is 0 Å². The summed E-state index contributed by atoms with van der Waals surface area (Å²) in [6, 6.07) is 0. The van der Waals surface area contributed by atoms with Crippen LogP contribution in [0.25, 0.3) is 0 Å². The van der Waals surface area contributed by atoms with Crippen LogP contribution >= 0.6 is 0 Å². The van der Waals surface area contributed by atoms with Crippen molar-refractivity contribution in [1.29, 1.82) is 0 Å². The SMILES string of the molecule is CC(=O)CCC[C@@H](C)[C@H]1CC[C@H]2[C@@H]3CC=C4CC(O)CC[C@]4(C)[C@H]3CC[C@]12C. The minimum absolute atomic E-state index is 0.101. The molecule has 0 heterocycles.